The molecule has 4 amide bonds. The zero-order valence-corrected chi connectivity index (χ0v) is 21.3. The second kappa shape index (κ2) is 9.78. The molecule has 10 nitrogen and oxygen atoms in total. The third-order valence-corrected chi connectivity index (χ3v) is 8.74. The molecule has 1 saturated carbocycles. The largest absolute Gasteiger partial charge is 0.471 e. The van der Waals surface area contributed by atoms with Gasteiger partial charge in [-0.1, -0.05) is 0 Å². The molecule has 3 saturated heterocycles. The number of alkyl halides is 5. The van der Waals surface area contributed by atoms with E-state index in [4.69, 9.17) is 27.9 Å². The highest BCUT2D eigenvalue weighted by atomic mass is 35.5. The maximum atomic E-state index is 13.6. The first-order valence-electron chi connectivity index (χ1n) is 11.9. The van der Waals surface area contributed by atoms with Gasteiger partial charge in [0, 0.05) is 37.5 Å². The third-order valence-electron chi connectivity index (χ3n) is 7.68. The Morgan fingerprint density at radius 2 is 2.03 bits per heavy atom. The van der Waals surface area contributed by atoms with Gasteiger partial charge in [0.2, 0.25) is 17.7 Å². The molecule has 1 aliphatic carbocycles. The van der Waals surface area contributed by atoms with Crippen molar-refractivity contribution in [2.24, 2.45) is 17.8 Å². The summed E-state index contributed by atoms with van der Waals surface area (Å²) < 4.78 is 43.5. The van der Waals surface area contributed by atoms with Crippen molar-refractivity contribution in [2.45, 2.75) is 66.8 Å². The fraction of sp³-hybridized carbons (Fsp3) is 0.773. The molecule has 0 spiro atoms. The van der Waals surface area contributed by atoms with Crippen molar-refractivity contribution >= 4 is 46.8 Å². The van der Waals surface area contributed by atoms with Crippen molar-refractivity contribution in [2.75, 3.05) is 19.7 Å². The van der Waals surface area contributed by atoms with Crippen molar-refractivity contribution in [3.05, 3.63) is 0 Å². The predicted molar refractivity (Wildman–Crippen MR) is 122 cm³/mol. The van der Waals surface area contributed by atoms with Crippen molar-refractivity contribution < 1.29 is 37.1 Å². The Morgan fingerprint density at radius 3 is 2.57 bits per heavy atom. The van der Waals surface area contributed by atoms with Crippen LogP contribution in [0.15, 0.2) is 0 Å². The lowest BCUT2D eigenvalue weighted by molar-refractivity contribution is -0.178. The molecule has 1 unspecified atom stereocenters. The van der Waals surface area contributed by atoms with Crippen LogP contribution in [0.4, 0.5) is 13.2 Å². The van der Waals surface area contributed by atoms with Gasteiger partial charge < -0.3 is 25.6 Å². The lowest BCUT2D eigenvalue weighted by Gasteiger charge is -2.38. The average Bonchev–Trinajstić information content (AvgIpc) is 3.33. The third kappa shape index (κ3) is 5.20. The van der Waals surface area contributed by atoms with Gasteiger partial charge in [-0.25, -0.2) is 0 Å². The number of nitrogens with one attached hydrogen (secondary N) is 3. The van der Waals surface area contributed by atoms with Crippen LogP contribution in [0.3, 0.4) is 0 Å². The van der Waals surface area contributed by atoms with Crippen molar-refractivity contribution in [3.8, 4) is 6.07 Å². The van der Waals surface area contributed by atoms with Crippen LogP contribution in [0, 0.1) is 29.1 Å². The van der Waals surface area contributed by atoms with Crippen LogP contribution in [0.1, 0.15) is 32.6 Å². The number of amides is 4. The lowest BCUT2D eigenvalue weighted by atomic mass is 9.91. The van der Waals surface area contributed by atoms with Gasteiger partial charge in [0.05, 0.1) is 11.7 Å². The Bertz CT molecular complexity index is 1030. The molecule has 7 atom stereocenters. The van der Waals surface area contributed by atoms with E-state index in [1.54, 1.807) is 5.32 Å². The predicted octanol–water partition coefficient (Wildman–Crippen LogP) is 0.768. The van der Waals surface area contributed by atoms with Gasteiger partial charge in [0.1, 0.15) is 22.5 Å². The minimum atomic E-state index is -5.24. The summed E-state index contributed by atoms with van der Waals surface area (Å²) in [7, 11) is 0. The Hall–Kier alpha value is -2.30. The average molecular weight is 568 g/mol. The minimum absolute atomic E-state index is 0.0475. The zero-order valence-electron chi connectivity index (χ0n) is 19.7. The molecule has 3 heterocycles. The Kier molecular flexibility index (Phi) is 7.33. The molecule has 4 aliphatic rings. The molecule has 0 aromatic rings. The number of hydrogen-bond donors (Lipinski definition) is 3. The topological polar surface area (TPSA) is 141 Å². The van der Waals surface area contributed by atoms with Gasteiger partial charge >= 0.3 is 12.1 Å². The van der Waals surface area contributed by atoms with Crippen molar-refractivity contribution in [1.82, 2.24) is 20.9 Å². The molecule has 0 radical (unpaired) electrons. The maximum Gasteiger partial charge on any atom is 0.471 e. The van der Waals surface area contributed by atoms with Crippen LogP contribution in [-0.2, 0) is 23.9 Å². The summed E-state index contributed by atoms with van der Waals surface area (Å²) in [6.07, 6.45) is -4.04. The summed E-state index contributed by atoms with van der Waals surface area (Å²) in [5.41, 5.74) is -1.43. The maximum absolute atomic E-state index is 13.6. The highest BCUT2D eigenvalue weighted by Gasteiger charge is 2.74. The Labute approximate surface area is 220 Å². The monoisotopic (exact) mass is 567 g/mol. The van der Waals surface area contributed by atoms with E-state index in [0.717, 1.165) is 4.90 Å². The summed E-state index contributed by atoms with van der Waals surface area (Å²) in [5.74, 6) is -5.99. The van der Waals surface area contributed by atoms with Crippen LogP contribution < -0.4 is 16.0 Å². The van der Waals surface area contributed by atoms with E-state index >= 15 is 0 Å². The molecule has 37 heavy (non-hydrogen) atoms. The molecule has 204 valence electrons. The van der Waals surface area contributed by atoms with E-state index in [1.165, 1.54) is 6.92 Å². The first kappa shape index (κ1) is 27.7. The molecule has 4 fully saturated rings. The number of likely N-dealkylation sites (tertiary alicyclic amines) is 1. The molecule has 15 heteroatoms. The lowest BCUT2D eigenvalue weighted by Crippen LogP contribution is -2.64. The van der Waals surface area contributed by atoms with Gasteiger partial charge in [-0.2, -0.15) is 18.4 Å². The highest BCUT2D eigenvalue weighted by Crippen LogP contribution is 2.65. The van der Waals surface area contributed by atoms with Crippen LogP contribution in [-0.4, -0.2) is 82.5 Å². The Morgan fingerprint density at radius 1 is 1.32 bits per heavy atom. The normalized spacial score (nSPS) is 33.6. The SMILES string of the molecule is CC1([C@H](NC(=O)C(F)(F)F)C(=O)N2C[C@H]3[C@@H]([C@H]2C(=O)N[C@H](C#N)C[C@@H]2CCNC2=O)C3(Cl)Cl)CCCO1. The molecule has 0 aromatic heterocycles. The standard InChI is InChI=1S/C22H26Cl2F3N5O5/c1-20(4-2-6-37-20)15(31-19(36)22(25,26)27)18(35)32-9-12-13(21(12,23)24)14(32)17(34)30-11(8-28)7-10-3-5-29-16(10)33/h10-15H,2-7,9H2,1H3,(H,29,33)(H,30,34)(H,31,36)/t10-,11-,12-,13-,14-,15+,20?/m0/s1. The minimum Gasteiger partial charge on any atom is -0.373 e. The number of halogens is 5. The van der Waals surface area contributed by atoms with Gasteiger partial charge in [-0.15, -0.1) is 23.2 Å². The van der Waals surface area contributed by atoms with E-state index in [9.17, 15) is 37.6 Å². The number of rotatable bonds is 7. The number of carbonyl (C=O) groups is 4. The fourth-order valence-corrected chi connectivity index (χ4v) is 6.40. The first-order chi connectivity index (χ1) is 17.2. The van der Waals surface area contributed by atoms with Gasteiger partial charge in [-0.3, -0.25) is 19.2 Å². The fourth-order valence-electron chi connectivity index (χ4n) is 5.57. The number of nitrogens with zero attached hydrogens (tertiary/aromatic N) is 2. The molecule has 3 aliphatic heterocycles. The van der Waals surface area contributed by atoms with E-state index < -0.39 is 69.7 Å². The van der Waals surface area contributed by atoms with Crippen LogP contribution in [0.5, 0.6) is 0 Å². The van der Waals surface area contributed by atoms with Gasteiger partial charge in [-0.05, 0) is 32.6 Å². The van der Waals surface area contributed by atoms with Crippen LogP contribution in [0.2, 0.25) is 0 Å². The second-order valence-electron chi connectivity index (χ2n) is 10.1. The number of hydrogen-bond acceptors (Lipinski definition) is 6. The summed E-state index contributed by atoms with van der Waals surface area (Å²) in [6.45, 7) is 1.93. The van der Waals surface area contributed by atoms with Gasteiger partial charge in [0.25, 0.3) is 0 Å². The molecule has 0 aromatic carbocycles. The summed E-state index contributed by atoms with van der Waals surface area (Å²) in [4.78, 5) is 51.7. The van der Waals surface area contributed by atoms with Crippen molar-refractivity contribution in [3.63, 3.8) is 0 Å². The number of piperidine rings is 1. The molecule has 3 N–H and O–H groups in total. The Balaban J connectivity index is 1.56. The number of ether oxygens (including phenoxy) is 1. The quantitative estimate of drug-likeness (QED) is 0.388. The van der Waals surface area contributed by atoms with E-state index in [-0.39, 0.29) is 31.9 Å². The number of fused-ring (bicyclic) bond motifs is 1. The second-order valence-corrected chi connectivity index (χ2v) is 11.6. The summed E-state index contributed by atoms with van der Waals surface area (Å²) >= 11 is 12.6. The smallest absolute Gasteiger partial charge is 0.373 e. The number of nitriles is 1. The molecule has 4 rings (SSSR count). The molecular formula is C22H26Cl2F3N5O5. The van der Waals surface area contributed by atoms with Crippen LogP contribution >= 0.6 is 23.2 Å². The zero-order chi connectivity index (χ0) is 27.3. The van der Waals surface area contributed by atoms with Crippen molar-refractivity contribution in [1.29, 1.82) is 5.26 Å². The van der Waals surface area contributed by atoms with E-state index in [0.29, 0.717) is 19.4 Å². The first-order valence-corrected chi connectivity index (χ1v) is 12.6. The van der Waals surface area contributed by atoms with Crippen LogP contribution in [0.25, 0.3) is 0 Å². The molecule has 0 bridgehead atoms. The highest BCUT2D eigenvalue weighted by molar-refractivity contribution is 6.51. The van der Waals surface area contributed by atoms with E-state index in [2.05, 4.69) is 10.6 Å². The summed E-state index contributed by atoms with van der Waals surface area (Å²) in [6, 6.07) is -2.16. The summed E-state index contributed by atoms with van der Waals surface area (Å²) in [5, 5.41) is 16.5. The number of carbonyl (C=O) groups excluding carboxylic acids is 4. The molecular weight excluding hydrogens is 542 g/mol. The van der Waals surface area contributed by atoms with Gasteiger partial charge in [0.15, 0.2) is 0 Å². The van der Waals surface area contributed by atoms with E-state index in [1.807, 2.05) is 6.07 Å².